The summed E-state index contributed by atoms with van der Waals surface area (Å²) in [5.41, 5.74) is 0. The molecule has 0 aromatic rings. The van der Waals surface area contributed by atoms with Gasteiger partial charge in [0.25, 0.3) is 0 Å². The zero-order valence-corrected chi connectivity index (χ0v) is 8.61. The van der Waals surface area contributed by atoms with Gasteiger partial charge in [0.15, 0.2) is 0 Å². The van der Waals surface area contributed by atoms with E-state index in [-0.39, 0.29) is 12.6 Å². The molecule has 2 saturated heterocycles. The molecule has 2 N–H and O–H groups in total. The maximum atomic E-state index is 9.20. The Morgan fingerprint density at radius 2 is 2.43 bits per heavy atom. The molecule has 2 atom stereocenters. The summed E-state index contributed by atoms with van der Waals surface area (Å²) in [4.78, 5) is 2.38. The maximum Gasteiger partial charge on any atom is 0.0644 e. The van der Waals surface area contributed by atoms with Gasteiger partial charge in [-0.2, -0.15) is 0 Å². The van der Waals surface area contributed by atoms with Crippen LogP contribution in [0.5, 0.6) is 0 Å². The van der Waals surface area contributed by atoms with Crippen molar-refractivity contribution in [1.29, 1.82) is 0 Å². The number of hydrogen-bond acceptors (Lipinski definition) is 4. The smallest absolute Gasteiger partial charge is 0.0644 e. The van der Waals surface area contributed by atoms with Crippen LogP contribution in [-0.2, 0) is 4.74 Å². The molecular formula is C10H20N2O2. The lowest BCUT2D eigenvalue weighted by atomic mass is 10.1. The van der Waals surface area contributed by atoms with E-state index in [0.717, 1.165) is 38.7 Å². The van der Waals surface area contributed by atoms with Gasteiger partial charge in [0, 0.05) is 13.1 Å². The summed E-state index contributed by atoms with van der Waals surface area (Å²) in [6.45, 7) is 6.10. The monoisotopic (exact) mass is 200 g/mol. The Morgan fingerprint density at radius 1 is 1.50 bits per heavy atom. The lowest BCUT2D eigenvalue weighted by molar-refractivity contribution is -0.0324. The van der Waals surface area contributed by atoms with Crippen LogP contribution in [0.25, 0.3) is 0 Å². The fourth-order valence-electron chi connectivity index (χ4n) is 2.30. The fraction of sp³-hybridized carbons (Fsp3) is 1.00. The predicted octanol–water partition coefficient (Wildman–Crippen LogP) is -0.711. The molecule has 2 heterocycles. The van der Waals surface area contributed by atoms with E-state index >= 15 is 0 Å². The highest BCUT2D eigenvalue weighted by Crippen LogP contribution is 2.14. The van der Waals surface area contributed by atoms with Crippen molar-refractivity contribution in [3.63, 3.8) is 0 Å². The number of rotatable bonds is 3. The standard InChI is InChI=1S/C10H20N2O2/c13-7-10-8-14-4-3-12(10)6-9-1-2-11-5-9/h9-11,13H,1-8H2. The second-order valence-corrected chi connectivity index (χ2v) is 4.27. The first kappa shape index (κ1) is 10.4. The molecule has 0 aromatic heterocycles. The van der Waals surface area contributed by atoms with E-state index in [4.69, 9.17) is 4.74 Å². The average molecular weight is 200 g/mol. The van der Waals surface area contributed by atoms with Gasteiger partial charge in [0.2, 0.25) is 0 Å². The zero-order chi connectivity index (χ0) is 9.80. The van der Waals surface area contributed by atoms with Crippen molar-refractivity contribution in [3.8, 4) is 0 Å². The van der Waals surface area contributed by atoms with Gasteiger partial charge in [0.1, 0.15) is 0 Å². The molecule has 0 radical (unpaired) electrons. The lowest BCUT2D eigenvalue weighted by Crippen LogP contribution is -2.49. The number of nitrogens with one attached hydrogen (secondary N) is 1. The second-order valence-electron chi connectivity index (χ2n) is 4.27. The molecule has 0 amide bonds. The molecule has 2 rings (SSSR count). The first-order valence-electron chi connectivity index (χ1n) is 5.53. The topological polar surface area (TPSA) is 44.7 Å². The number of ether oxygens (including phenoxy) is 1. The minimum atomic E-state index is 0.222. The van der Waals surface area contributed by atoms with Crippen molar-refractivity contribution in [2.75, 3.05) is 46.0 Å². The maximum absolute atomic E-state index is 9.20. The van der Waals surface area contributed by atoms with Crippen molar-refractivity contribution >= 4 is 0 Å². The predicted molar refractivity (Wildman–Crippen MR) is 54.2 cm³/mol. The SMILES string of the molecule is OCC1COCCN1CC1CCNC1. The van der Waals surface area contributed by atoms with Crippen molar-refractivity contribution in [3.05, 3.63) is 0 Å². The number of nitrogens with zero attached hydrogens (tertiary/aromatic N) is 1. The average Bonchev–Trinajstić information content (AvgIpc) is 2.71. The molecule has 0 aromatic carbocycles. The molecule has 2 aliphatic heterocycles. The van der Waals surface area contributed by atoms with E-state index < -0.39 is 0 Å². The first-order valence-corrected chi connectivity index (χ1v) is 5.53. The molecule has 14 heavy (non-hydrogen) atoms. The summed E-state index contributed by atoms with van der Waals surface area (Å²) >= 11 is 0. The van der Waals surface area contributed by atoms with Gasteiger partial charge in [-0.25, -0.2) is 0 Å². The quantitative estimate of drug-likeness (QED) is 0.632. The largest absolute Gasteiger partial charge is 0.395 e. The third-order valence-corrected chi connectivity index (χ3v) is 3.22. The van der Waals surface area contributed by atoms with Gasteiger partial charge in [-0.05, 0) is 25.4 Å². The second kappa shape index (κ2) is 5.07. The summed E-state index contributed by atoms with van der Waals surface area (Å²) in [6, 6.07) is 0.226. The highest BCUT2D eigenvalue weighted by molar-refractivity contribution is 4.80. The van der Waals surface area contributed by atoms with E-state index in [0.29, 0.717) is 6.61 Å². The molecule has 0 spiro atoms. The summed E-state index contributed by atoms with van der Waals surface area (Å²) in [5, 5.41) is 12.6. The number of morpholine rings is 1. The third-order valence-electron chi connectivity index (χ3n) is 3.22. The summed E-state index contributed by atoms with van der Waals surface area (Å²) in [7, 11) is 0. The molecule has 4 nitrogen and oxygen atoms in total. The van der Waals surface area contributed by atoms with Gasteiger partial charge in [0.05, 0.1) is 25.9 Å². The highest BCUT2D eigenvalue weighted by atomic mass is 16.5. The summed E-state index contributed by atoms with van der Waals surface area (Å²) in [6.07, 6.45) is 1.27. The van der Waals surface area contributed by atoms with Crippen LogP contribution in [0.4, 0.5) is 0 Å². The summed E-state index contributed by atoms with van der Waals surface area (Å²) < 4.78 is 5.35. The Hall–Kier alpha value is -0.160. The molecule has 0 saturated carbocycles. The molecule has 0 aliphatic carbocycles. The minimum absolute atomic E-state index is 0.222. The molecule has 0 bridgehead atoms. The van der Waals surface area contributed by atoms with Crippen LogP contribution in [0, 0.1) is 5.92 Å². The van der Waals surface area contributed by atoms with Gasteiger partial charge in [-0.3, -0.25) is 4.90 Å². The van der Waals surface area contributed by atoms with Crippen molar-refractivity contribution < 1.29 is 9.84 Å². The van der Waals surface area contributed by atoms with E-state index in [1.54, 1.807) is 0 Å². The van der Waals surface area contributed by atoms with Crippen LogP contribution in [0.1, 0.15) is 6.42 Å². The van der Waals surface area contributed by atoms with Gasteiger partial charge >= 0.3 is 0 Å². The van der Waals surface area contributed by atoms with Crippen molar-refractivity contribution in [2.45, 2.75) is 12.5 Å². The van der Waals surface area contributed by atoms with Crippen LogP contribution < -0.4 is 5.32 Å². The van der Waals surface area contributed by atoms with Crippen LogP contribution in [-0.4, -0.2) is 62.0 Å². The summed E-state index contributed by atoms with van der Waals surface area (Å²) in [5.74, 6) is 0.766. The van der Waals surface area contributed by atoms with E-state index in [9.17, 15) is 5.11 Å². The van der Waals surface area contributed by atoms with Crippen LogP contribution >= 0.6 is 0 Å². The first-order chi connectivity index (χ1) is 6.90. The van der Waals surface area contributed by atoms with Crippen molar-refractivity contribution in [2.24, 2.45) is 5.92 Å². The Balaban J connectivity index is 1.81. The molecule has 82 valence electrons. The normalized spacial score (nSPS) is 34.9. The van der Waals surface area contributed by atoms with Gasteiger partial charge < -0.3 is 15.2 Å². The van der Waals surface area contributed by atoms with E-state index in [1.165, 1.54) is 6.42 Å². The highest BCUT2D eigenvalue weighted by Gasteiger charge is 2.25. The molecule has 4 heteroatoms. The van der Waals surface area contributed by atoms with Crippen LogP contribution in [0.3, 0.4) is 0 Å². The Morgan fingerprint density at radius 3 is 3.14 bits per heavy atom. The molecule has 2 fully saturated rings. The molecular weight excluding hydrogens is 180 g/mol. The molecule has 2 aliphatic rings. The van der Waals surface area contributed by atoms with Crippen LogP contribution in [0.2, 0.25) is 0 Å². The minimum Gasteiger partial charge on any atom is -0.395 e. The molecule has 2 unspecified atom stereocenters. The fourth-order valence-corrected chi connectivity index (χ4v) is 2.30. The van der Waals surface area contributed by atoms with Crippen molar-refractivity contribution in [1.82, 2.24) is 10.2 Å². The van der Waals surface area contributed by atoms with Gasteiger partial charge in [-0.15, -0.1) is 0 Å². The Bertz CT molecular complexity index is 172. The number of hydrogen-bond donors (Lipinski definition) is 2. The number of aliphatic hydroxyl groups is 1. The van der Waals surface area contributed by atoms with Crippen LogP contribution in [0.15, 0.2) is 0 Å². The lowest BCUT2D eigenvalue weighted by Gasteiger charge is -2.35. The third kappa shape index (κ3) is 2.45. The number of aliphatic hydroxyl groups excluding tert-OH is 1. The van der Waals surface area contributed by atoms with E-state index in [2.05, 4.69) is 10.2 Å². The zero-order valence-electron chi connectivity index (χ0n) is 8.61. The van der Waals surface area contributed by atoms with E-state index in [1.807, 2.05) is 0 Å². The Kier molecular flexibility index (Phi) is 3.75. The Labute approximate surface area is 85.2 Å². The van der Waals surface area contributed by atoms with Gasteiger partial charge in [-0.1, -0.05) is 0 Å².